The van der Waals surface area contributed by atoms with Crippen LogP contribution in [-0.2, 0) is 28.9 Å². The van der Waals surface area contributed by atoms with Crippen LogP contribution in [0, 0.1) is 11.3 Å². The summed E-state index contributed by atoms with van der Waals surface area (Å²) in [6.45, 7) is 8.30. The molecule has 1 fully saturated rings. The van der Waals surface area contributed by atoms with E-state index < -0.39 is 49.8 Å². The first-order valence-corrected chi connectivity index (χ1v) is 18.9. The van der Waals surface area contributed by atoms with E-state index in [0.717, 1.165) is 16.7 Å². The SMILES string of the molecule is COc1ccc(C(OC[C@H]2O[C@@H](c3c[nH]c(=O)[nH]c3=O)C(OC)[C@H]2OP(OCCC#N)N(C(C)C)C(C)C)(c2ccccc2)c2ccc(OC)cc2)cc1. The zero-order chi connectivity index (χ0) is 38.8. The van der Waals surface area contributed by atoms with E-state index in [1.165, 1.54) is 13.3 Å². The van der Waals surface area contributed by atoms with Gasteiger partial charge in [-0.25, -0.2) is 9.46 Å². The Bertz CT molecular complexity index is 1870. The number of aromatic amines is 2. The third-order valence-corrected chi connectivity index (χ3v) is 11.4. The highest BCUT2D eigenvalue weighted by atomic mass is 31.2. The van der Waals surface area contributed by atoms with Crippen LogP contribution in [-0.4, -0.2) is 79.6 Å². The summed E-state index contributed by atoms with van der Waals surface area (Å²) in [5.74, 6) is 1.37. The van der Waals surface area contributed by atoms with Gasteiger partial charge in [-0.05, 0) is 68.7 Å². The third kappa shape index (κ3) is 8.94. The van der Waals surface area contributed by atoms with Crippen molar-refractivity contribution in [1.29, 1.82) is 5.26 Å². The van der Waals surface area contributed by atoms with Crippen LogP contribution in [0.2, 0.25) is 0 Å². The van der Waals surface area contributed by atoms with E-state index in [2.05, 4.69) is 20.7 Å². The minimum absolute atomic E-state index is 0.0185. The lowest BCUT2D eigenvalue weighted by atomic mass is 9.80. The molecule has 14 heteroatoms. The molecule has 4 aromatic rings. The van der Waals surface area contributed by atoms with E-state index in [1.54, 1.807) is 14.2 Å². The van der Waals surface area contributed by atoms with Crippen molar-refractivity contribution in [1.82, 2.24) is 14.6 Å². The van der Waals surface area contributed by atoms with Crippen LogP contribution in [0.25, 0.3) is 0 Å². The molecule has 2 unspecified atom stereocenters. The maximum atomic E-state index is 13.2. The van der Waals surface area contributed by atoms with Gasteiger partial charge in [-0.2, -0.15) is 5.26 Å². The maximum absolute atomic E-state index is 13.2. The van der Waals surface area contributed by atoms with Gasteiger partial charge in [0.2, 0.25) is 0 Å². The lowest BCUT2D eigenvalue weighted by Gasteiger charge is -2.39. The van der Waals surface area contributed by atoms with Gasteiger partial charge in [0.15, 0.2) is 0 Å². The molecular formula is C40H49N4O9P. The molecule has 5 rings (SSSR count). The summed E-state index contributed by atoms with van der Waals surface area (Å²) in [4.78, 5) is 30.1. The molecule has 3 aromatic carbocycles. The summed E-state index contributed by atoms with van der Waals surface area (Å²) in [5.41, 5.74) is 0.213. The minimum Gasteiger partial charge on any atom is -0.497 e. The van der Waals surface area contributed by atoms with E-state index in [4.69, 9.17) is 32.7 Å². The van der Waals surface area contributed by atoms with Gasteiger partial charge in [-0.1, -0.05) is 54.6 Å². The predicted molar refractivity (Wildman–Crippen MR) is 204 cm³/mol. The number of aromatic nitrogens is 2. The molecule has 0 saturated carbocycles. The Hall–Kier alpha value is -4.38. The van der Waals surface area contributed by atoms with Crippen LogP contribution in [0.3, 0.4) is 0 Å². The van der Waals surface area contributed by atoms with Crippen molar-refractivity contribution in [3.05, 3.63) is 128 Å². The van der Waals surface area contributed by atoms with E-state index in [9.17, 15) is 14.9 Å². The van der Waals surface area contributed by atoms with Crippen LogP contribution in [0.4, 0.5) is 0 Å². The first-order chi connectivity index (χ1) is 26.1. The Morgan fingerprint density at radius 2 is 1.43 bits per heavy atom. The summed E-state index contributed by atoms with van der Waals surface area (Å²) in [5, 5.41) is 9.33. The second kappa shape index (κ2) is 18.8. The highest BCUT2D eigenvalue weighted by Gasteiger charge is 2.51. The van der Waals surface area contributed by atoms with Crippen LogP contribution in [0.5, 0.6) is 11.5 Å². The van der Waals surface area contributed by atoms with E-state index in [0.29, 0.717) is 11.5 Å². The second-order valence-electron chi connectivity index (χ2n) is 13.3. The normalized spacial score (nSPS) is 19.3. The summed E-state index contributed by atoms with van der Waals surface area (Å²) >= 11 is 0. The molecule has 1 aliphatic rings. The molecule has 5 atom stereocenters. The number of H-pyrrole nitrogens is 2. The van der Waals surface area contributed by atoms with Gasteiger partial charge in [-0.3, -0.25) is 9.78 Å². The first kappa shape index (κ1) is 40.8. The topological polar surface area (TPSA) is 157 Å². The Kier molecular flexibility index (Phi) is 14.2. The number of nitriles is 1. The summed E-state index contributed by atoms with van der Waals surface area (Å²) < 4.78 is 46.4. The minimum atomic E-state index is -1.77. The van der Waals surface area contributed by atoms with Gasteiger partial charge in [0.05, 0.1) is 45.5 Å². The number of hydrogen-bond donors (Lipinski definition) is 2. The molecule has 2 N–H and O–H groups in total. The molecule has 1 saturated heterocycles. The number of benzene rings is 3. The van der Waals surface area contributed by atoms with Gasteiger partial charge in [0.25, 0.3) is 14.1 Å². The van der Waals surface area contributed by atoms with Gasteiger partial charge in [0, 0.05) is 25.4 Å². The van der Waals surface area contributed by atoms with Crippen LogP contribution >= 0.6 is 8.53 Å². The quantitative estimate of drug-likeness (QED) is 0.0676. The molecule has 1 aromatic heterocycles. The lowest BCUT2D eigenvalue weighted by Crippen LogP contribution is -2.42. The van der Waals surface area contributed by atoms with E-state index in [1.807, 2.05) is 107 Å². The largest absolute Gasteiger partial charge is 0.497 e. The van der Waals surface area contributed by atoms with Crippen LogP contribution < -0.4 is 20.7 Å². The Balaban J connectivity index is 1.64. The molecule has 0 spiro atoms. The fourth-order valence-corrected chi connectivity index (χ4v) is 8.58. The average molecular weight is 761 g/mol. The Labute approximate surface area is 317 Å². The lowest BCUT2D eigenvalue weighted by molar-refractivity contribution is -0.0808. The standard InChI is InChI=1S/C40H49N4O9P/c1-26(2)44(27(3)4)54(51-23-11-22-41)53-36-34(52-35(37(36)49-7)33-24-42-39(46)43-38(33)45)25-50-40(28-12-9-8-10-13-28,29-14-18-31(47-5)19-15-29)30-16-20-32(48-6)21-17-30/h8-10,12-21,24,26-27,34-37H,11,23,25H2,1-7H3,(H2,42,43,45,46)/t34-,35+,36+,37?,54?/m1/s1. The molecular weight excluding hydrogens is 711 g/mol. The molecule has 0 amide bonds. The van der Waals surface area contributed by atoms with Crippen LogP contribution in [0.15, 0.2) is 94.6 Å². The highest BCUT2D eigenvalue weighted by molar-refractivity contribution is 7.44. The zero-order valence-electron chi connectivity index (χ0n) is 31.7. The number of nitrogens with zero attached hydrogens (tertiary/aromatic N) is 2. The van der Waals surface area contributed by atoms with Gasteiger partial charge < -0.3 is 37.7 Å². The monoisotopic (exact) mass is 760 g/mol. The van der Waals surface area contributed by atoms with E-state index >= 15 is 0 Å². The van der Waals surface area contributed by atoms with Gasteiger partial charge in [-0.15, -0.1) is 0 Å². The van der Waals surface area contributed by atoms with Crippen molar-refractivity contribution in [2.75, 3.05) is 34.5 Å². The predicted octanol–water partition coefficient (Wildman–Crippen LogP) is 6.21. The summed E-state index contributed by atoms with van der Waals surface area (Å²) in [6, 6.07) is 27.4. The average Bonchev–Trinajstić information content (AvgIpc) is 3.51. The number of hydrogen-bond acceptors (Lipinski definition) is 11. The maximum Gasteiger partial charge on any atom is 0.325 e. The third-order valence-electron chi connectivity index (χ3n) is 9.25. The summed E-state index contributed by atoms with van der Waals surface area (Å²) in [6.07, 6.45) is -1.93. The smallest absolute Gasteiger partial charge is 0.325 e. The molecule has 0 bridgehead atoms. The first-order valence-electron chi connectivity index (χ1n) is 17.8. The van der Waals surface area contributed by atoms with E-state index in [-0.39, 0.29) is 37.3 Å². The van der Waals surface area contributed by atoms with Crippen molar-refractivity contribution in [3.63, 3.8) is 0 Å². The Morgan fingerprint density at radius 1 is 0.852 bits per heavy atom. The van der Waals surface area contributed by atoms with Crippen molar-refractivity contribution in [2.45, 2.75) is 76.2 Å². The number of methoxy groups -OCH3 is 3. The number of nitrogens with one attached hydrogen (secondary N) is 2. The Morgan fingerprint density at radius 3 is 1.93 bits per heavy atom. The molecule has 2 heterocycles. The fraction of sp³-hybridized carbons (Fsp3) is 0.425. The van der Waals surface area contributed by atoms with Crippen molar-refractivity contribution in [2.24, 2.45) is 0 Å². The van der Waals surface area contributed by atoms with Gasteiger partial charge >= 0.3 is 5.69 Å². The zero-order valence-corrected chi connectivity index (χ0v) is 32.6. The van der Waals surface area contributed by atoms with Crippen molar-refractivity contribution >= 4 is 8.53 Å². The van der Waals surface area contributed by atoms with Gasteiger partial charge in [0.1, 0.15) is 41.5 Å². The molecule has 54 heavy (non-hydrogen) atoms. The molecule has 13 nitrogen and oxygen atoms in total. The number of rotatable bonds is 18. The van der Waals surface area contributed by atoms with Crippen molar-refractivity contribution in [3.8, 4) is 17.6 Å². The molecule has 0 aliphatic carbocycles. The fourth-order valence-electron chi connectivity index (χ4n) is 6.81. The summed E-state index contributed by atoms with van der Waals surface area (Å²) in [7, 11) is 2.98. The van der Waals surface area contributed by atoms with Crippen LogP contribution in [0.1, 0.15) is 62.5 Å². The highest BCUT2D eigenvalue weighted by Crippen LogP contribution is 2.51. The molecule has 0 radical (unpaired) electrons. The molecule has 288 valence electrons. The molecule has 1 aliphatic heterocycles. The van der Waals surface area contributed by atoms with Crippen molar-refractivity contribution < 1.29 is 32.7 Å². The second-order valence-corrected chi connectivity index (χ2v) is 14.7. The number of ether oxygens (including phenoxy) is 5.